The molecule has 0 aromatic heterocycles. The molecule has 20 heavy (non-hydrogen) atoms. The standard InChI is InChI=1S/C14H22N2O3.ClH/c1-3-11(15)7-10-5-6-12(19-9-14(16)17)13(8-10)18-4-2;/h5-6,8,11H,3-4,7,9,15H2,1-2H3,(H2,16,17);1H. The van der Waals surface area contributed by atoms with Gasteiger partial charge in [-0.3, -0.25) is 4.79 Å². The molecule has 114 valence electrons. The summed E-state index contributed by atoms with van der Waals surface area (Å²) in [5, 5.41) is 0. The zero-order valence-corrected chi connectivity index (χ0v) is 12.7. The Kier molecular flexibility index (Phi) is 8.76. The Labute approximate surface area is 126 Å². The monoisotopic (exact) mass is 302 g/mol. The zero-order chi connectivity index (χ0) is 14.3. The van der Waals surface area contributed by atoms with E-state index in [2.05, 4.69) is 6.92 Å². The topological polar surface area (TPSA) is 87.6 Å². The molecule has 0 heterocycles. The maximum Gasteiger partial charge on any atom is 0.255 e. The van der Waals surface area contributed by atoms with E-state index in [9.17, 15) is 4.79 Å². The lowest BCUT2D eigenvalue weighted by molar-refractivity contribution is -0.119. The number of primary amides is 1. The molecule has 0 radical (unpaired) electrons. The van der Waals surface area contributed by atoms with Crippen LogP contribution < -0.4 is 20.9 Å². The Morgan fingerprint density at radius 2 is 1.95 bits per heavy atom. The summed E-state index contributed by atoms with van der Waals surface area (Å²) in [6.07, 6.45) is 1.70. The van der Waals surface area contributed by atoms with E-state index in [0.717, 1.165) is 18.4 Å². The molecule has 1 rings (SSSR count). The fourth-order valence-electron chi connectivity index (χ4n) is 1.66. The second-order valence-corrected chi connectivity index (χ2v) is 4.34. The number of hydrogen-bond acceptors (Lipinski definition) is 4. The van der Waals surface area contributed by atoms with Crippen molar-refractivity contribution in [3.63, 3.8) is 0 Å². The van der Waals surface area contributed by atoms with Gasteiger partial charge in [-0.1, -0.05) is 13.0 Å². The SMILES string of the molecule is CCOc1cc(CC(N)CC)ccc1OCC(N)=O.Cl. The van der Waals surface area contributed by atoms with E-state index < -0.39 is 5.91 Å². The van der Waals surface area contributed by atoms with Crippen molar-refractivity contribution < 1.29 is 14.3 Å². The van der Waals surface area contributed by atoms with Gasteiger partial charge in [0, 0.05) is 6.04 Å². The van der Waals surface area contributed by atoms with Crippen LogP contribution in [0.5, 0.6) is 11.5 Å². The van der Waals surface area contributed by atoms with E-state index in [0.29, 0.717) is 18.1 Å². The molecular weight excluding hydrogens is 280 g/mol. The average molecular weight is 303 g/mol. The molecule has 0 aliphatic heterocycles. The van der Waals surface area contributed by atoms with Gasteiger partial charge in [0.1, 0.15) is 0 Å². The molecule has 0 bridgehead atoms. The third-order valence-electron chi connectivity index (χ3n) is 2.70. The van der Waals surface area contributed by atoms with Crippen molar-refractivity contribution in [2.24, 2.45) is 11.5 Å². The van der Waals surface area contributed by atoms with Gasteiger partial charge in [-0.05, 0) is 37.5 Å². The maximum absolute atomic E-state index is 10.7. The first-order valence-electron chi connectivity index (χ1n) is 6.49. The Hall–Kier alpha value is -1.46. The van der Waals surface area contributed by atoms with Crippen molar-refractivity contribution in [3.05, 3.63) is 23.8 Å². The summed E-state index contributed by atoms with van der Waals surface area (Å²) in [6.45, 7) is 4.31. The van der Waals surface area contributed by atoms with Crippen molar-refractivity contribution in [2.75, 3.05) is 13.2 Å². The molecule has 0 aliphatic carbocycles. The van der Waals surface area contributed by atoms with Crippen LogP contribution in [0, 0.1) is 0 Å². The lowest BCUT2D eigenvalue weighted by Crippen LogP contribution is -2.21. The molecule has 0 saturated heterocycles. The molecule has 1 aromatic carbocycles. The predicted octanol–water partition coefficient (Wildman–Crippen LogP) is 1.65. The van der Waals surface area contributed by atoms with Crippen LogP contribution in [-0.2, 0) is 11.2 Å². The van der Waals surface area contributed by atoms with Crippen LogP contribution in [0.15, 0.2) is 18.2 Å². The highest BCUT2D eigenvalue weighted by Crippen LogP contribution is 2.29. The third kappa shape index (κ3) is 6.12. The molecule has 0 saturated carbocycles. The summed E-state index contributed by atoms with van der Waals surface area (Å²) in [7, 11) is 0. The Morgan fingerprint density at radius 1 is 1.25 bits per heavy atom. The quantitative estimate of drug-likeness (QED) is 0.764. The summed E-state index contributed by atoms with van der Waals surface area (Å²) in [5.74, 6) is 0.624. The fraction of sp³-hybridized carbons (Fsp3) is 0.500. The van der Waals surface area contributed by atoms with Gasteiger partial charge >= 0.3 is 0 Å². The second-order valence-electron chi connectivity index (χ2n) is 4.34. The fourth-order valence-corrected chi connectivity index (χ4v) is 1.66. The molecule has 4 N–H and O–H groups in total. The summed E-state index contributed by atoms with van der Waals surface area (Å²) in [4.78, 5) is 10.7. The number of benzene rings is 1. The van der Waals surface area contributed by atoms with E-state index in [-0.39, 0.29) is 25.1 Å². The minimum absolute atomic E-state index is 0. The molecule has 1 unspecified atom stereocenters. The number of nitrogens with two attached hydrogens (primary N) is 2. The number of amides is 1. The number of halogens is 1. The average Bonchev–Trinajstić information content (AvgIpc) is 2.38. The lowest BCUT2D eigenvalue weighted by atomic mass is 10.0. The molecule has 0 fully saturated rings. The number of hydrogen-bond donors (Lipinski definition) is 2. The Bertz CT molecular complexity index is 427. The van der Waals surface area contributed by atoms with Gasteiger partial charge in [-0.25, -0.2) is 0 Å². The van der Waals surface area contributed by atoms with E-state index in [4.69, 9.17) is 20.9 Å². The van der Waals surface area contributed by atoms with Gasteiger partial charge in [0.05, 0.1) is 6.61 Å². The van der Waals surface area contributed by atoms with Gasteiger partial charge < -0.3 is 20.9 Å². The predicted molar refractivity (Wildman–Crippen MR) is 81.5 cm³/mol. The molecule has 5 nitrogen and oxygen atoms in total. The van der Waals surface area contributed by atoms with Crippen LogP contribution in [-0.4, -0.2) is 25.2 Å². The number of ether oxygens (including phenoxy) is 2. The minimum Gasteiger partial charge on any atom is -0.490 e. The largest absolute Gasteiger partial charge is 0.490 e. The number of carbonyl (C=O) groups excluding carboxylic acids is 1. The van der Waals surface area contributed by atoms with Crippen molar-refractivity contribution in [2.45, 2.75) is 32.7 Å². The van der Waals surface area contributed by atoms with Crippen LogP contribution in [0.2, 0.25) is 0 Å². The van der Waals surface area contributed by atoms with Crippen molar-refractivity contribution in [1.82, 2.24) is 0 Å². The van der Waals surface area contributed by atoms with E-state index in [1.54, 1.807) is 6.07 Å². The van der Waals surface area contributed by atoms with Gasteiger partial charge in [0.25, 0.3) is 5.91 Å². The van der Waals surface area contributed by atoms with E-state index in [1.807, 2.05) is 19.1 Å². The minimum atomic E-state index is -0.514. The van der Waals surface area contributed by atoms with Crippen LogP contribution in [0.3, 0.4) is 0 Å². The normalized spacial score (nSPS) is 11.3. The molecule has 1 aromatic rings. The zero-order valence-electron chi connectivity index (χ0n) is 11.9. The highest BCUT2D eigenvalue weighted by molar-refractivity contribution is 5.85. The second kappa shape index (κ2) is 9.44. The van der Waals surface area contributed by atoms with Crippen molar-refractivity contribution in [3.8, 4) is 11.5 Å². The molecular formula is C14H23ClN2O3. The van der Waals surface area contributed by atoms with Crippen LogP contribution >= 0.6 is 12.4 Å². The highest BCUT2D eigenvalue weighted by atomic mass is 35.5. The number of rotatable bonds is 8. The first-order chi connectivity index (χ1) is 9.06. The highest BCUT2D eigenvalue weighted by Gasteiger charge is 2.09. The number of carbonyl (C=O) groups is 1. The Balaban J connectivity index is 0.00000361. The van der Waals surface area contributed by atoms with Crippen LogP contribution in [0.4, 0.5) is 0 Å². The van der Waals surface area contributed by atoms with Crippen LogP contribution in [0.25, 0.3) is 0 Å². The molecule has 0 aliphatic rings. The van der Waals surface area contributed by atoms with E-state index >= 15 is 0 Å². The summed E-state index contributed by atoms with van der Waals surface area (Å²) in [6, 6.07) is 5.74. The van der Waals surface area contributed by atoms with Gasteiger partial charge in [0.2, 0.25) is 0 Å². The first-order valence-corrected chi connectivity index (χ1v) is 6.49. The van der Waals surface area contributed by atoms with Gasteiger partial charge in [-0.15, -0.1) is 12.4 Å². The summed E-state index contributed by atoms with van der Waals surface area (Å²) >= 11 is 0. The van der Waals surface area contributed by atoms with Crippen LogP contribution in [0.1, 0.15) is 25.8 Å². The van der Waals surface area contributed by atoms with Gasteiger partial charge in [-0.2, -0.15) is 0 Å². The molecule has 6 heteroatoms. The Morgan fingerprint density at radius 3 is 2.50 bits per heavy atom. The first kappa shape index (κ1) is 18.5. The van der Waals surface area contributed by atoms with Crippen molar-refractivity contribution >= 4 is 18.3 Å². The third-order valence-corrected chi connectivity index (χ3v) is 2.70. The molecule has 1 atom stereocenters. The lowest BCUT2D eigenvalue weighted by Gasteiger charge is -2.14. The summed E-state index contributed by atoms with van der Waals surface area (Å²) in [5.41, 5.74) is 12.1. The van der Waals surface area contributed by atoms with Crippen molar-refractivity contribution in [1.29, 1.82) is 0 Å². The molecule has 1 amide bonds. The van der Waals surface area contributed by atoms with Gasteiger partial charge in [0.15, 0.2) is 18.1 Å². The summed E-state index contributed by atoms with van der Waals surface area (Å²) < 4.78 is 10.8. The van der Waals surface area contributed by atoms with E-state index in [1.165, 1.54) is 0 Å². The maximum atomic E-state index is 10.7. The smallest absolute Gasteiger partial charge is 0.255 e. The molecule has 0 spiro atoms.